The molecule has 0 saturated carbocycles. The number of hydrogen-bond acceptors (Lipinski definition) is 5. The number of pyridine rings is 2. The minimum Gasteiger partial charge on any atom is -0.378 e. The first-order valence-corrected chi connectivity index (χ1v) is 8.17. The lowest BCUT2D eigenvalue weighted by molar-refractivity contribution is 0.0918. The van der Waals surface area contributed by atoms with Gasteiger partial charge in [-0.15, -0.1) is 0 Å². The molecule has 0 aromatic carbocycles. The Morgan fingerprint density at radius 1 is 1.28 bits per heavy atom. The number of imidazole rings is 1. The van der Waals surface area contributed by atoms with Crippen molar-refractivity contribution in [1.82, 2.24) is 19.7 Å². The van der Waals surface area contributed by atoms with E-state index in [2.05, 4.69) is 20.2 Å². The Morgan fingerprint density at radius 2 is 2.08 bits per heavy atom. The van der Waals surface area contributed by atoms with Crippen LogP contribution in [-0.4, -0.2) is 46.5 Å². The summed E-state index contributed by atoms with van der Waals surface area (Å²) in [5.41, 5.74) is 3.05. The van der Waals surface area contributed by atoms with Crippen molar-refractivity contribution in [3.63, 3.8) is 0 Å². The first kappa shape index (κ1) is 15.6. The SMILES string of the molecule is COCc1nc2ccccn2c1C(=O)NC1CN(c2ccncc2)C1. The van der Waals surface area contributed by atoms with E-state index in [0.717, 1.165) is 24.4 Å². The van der Waals surface area contributed by atoms with Gasteiger partial charge in [0.15, 0.2) is 0 Å². The molecule has 0 atom stereocenters. The minimum atomic E-state index is -0.120. The van der Waals surface area contributed by atoms with E-state index in [0.29, 0.717) is 18.0 Å². The Bertz CT molecular complexity index is 887. The third-order valence-electron chi connectivity index (χ3n) is 4.34. The van der Waals surface area contributed by atoms with E-state index in [1.54, 1.807) is 19.5 Å². The van der Waals surface area contributed by atoms with Crippen LogP contribution in [0.3, 0.4) is 0 Å². The summed E-state index contributed by atoms with van der Waals surface area (Å²) in [5, 5.41) is 3.10. The van der Waals surface area contributed by atoms with Crippen LogP contribution in [0, 0.1) is 0 Å². The van der Waals surface area contributed by atoms with E-state index in [4.69, 9.17) is 4.74 Å². The number of amides is 1. The van der Waals surface area contributed by atoms with Crippen molar-refractivity contribution in [3.8, 4) is 0 Å². The number of hydrogen-bond donors (Lipinski definition) is 1. The summed E-state index contributed by atoms with van der Waals surface area (Å²) in [5.74, 6) is -0.120. The van der Waals surface area contributed by atoms with Gasteiger partial charge in [0.25, 0.3) is 5.91 Å². The van der Waals surface area contributed by atoms with Crippen molar-refractivity contribution >= 4 is 17.2 Å². The molecule has 7 heteroatoms. The molecular formula is C18H19N5O2. The first-order chi connectivity index (χ1) is 12.3. The van der Waals surface area contributed by atoms with Crippen molar-refractivity contribution < 1.29 is 9.53 Å². The van der Waals surface area contributed by atoms with Gasteiger partial charge in [-0.05, 0) is 24.3 Å². The summed E-state index contributed by atoms with van der Waals surface area (Å²) in [7, 11) is 1.60. The van der Waals surface area contributed by atoms with Crippen LogP contribution >= 0.6 is 0 Å². The molecule has 1 N–H and O–H groups in total. The quantitative estimate of drug-likeness (QED) is 0.764. The molecule has 0 spiro atoms. The van der Waals surface area contributed by atoms with Gasteiger partial charge in [0.05, 0.1) is 18.3 Å². The molecule has 0 radical (unpaired) electrons. The molecule has 3 aromatic heterocycles. The molecule has 128 valence electrons. The van der Waals surface area contributed by atoms with Crippen LogP contribution in [0.15, 0.2) is 48.9 Å². The predicted octanol–water partition coefficient (Wildman–Crippen LogP) is 1.49. The highest BCUT2D eigenvalue weighted by molar-refractivity contribution is 5.95. The zero-order chi connectivity index (χ0) is 17.2. The molecule has 1 fully saturated rings. The lowest BCUT2D eigenvalue weighted by atomic mass is 10.1. The van der Waals surface area contributed by atoms with Crippen molar-refractivity contribution in [2.75, 3.05) is 25.1 Å². The van der Waals surface area contributed by atoms with E-state index in [1.807, 2.05) is 40.9 Å². The van der Waals surface area contributed by atoms with Gasteiger partial charge in [-0.3, -0.25) is 14.2 Å². The van der Waals surface area contributed by atoms with Crippen molar-refractivity contribution in [1.29, 1.82) is 0 Å². The van der Waals surface area contributed by atoms with Crippen molar-refractivity contribution in [2.24, 2.45) is 0 Å². The normalized spacial score (nSPS) is 14.5. The number of methoxy groups -OCH3 is 1. The second kappa shape index (κ2) is 6.52. The topological polar surface area (TPSA) is 71.8 Å². The van der Waals surface area contributed by atoms with Crippen LogP contribution in [0.5, 0.6) is 0 Å². The fraction of sp³-hybridized carbons (Fsp3) is 0.278. The highest BCUT2D eigenvalue weighted by Gasteiger charge is 2.30. The van der Waals surface area contributed by atoms with Crippen LogP contribution < -0.4 is 10.2 Å². The van der Waals surface area contributed by atoms with Crippen molar-refractivity contribution in [2.45, 2.75) is 12.6 Å². The summed E-state index contributed by atoms with van der Waals surface area (Å²) in [6.07, 6.45) is 5.40. The van der Waals surface area contributed by atoms with E-state index in [9.17, 15) is 4.79 Å². The van der Waals surface area contributed by atoms with Gasteiger partial charge in [-0.1, -0.05) is 6.07 Å². The molecule has 1 saturated heterocycles. The molecule has 0 bridgehead atoms. The number of aromatic nitrogens is 3. The number of ether oxygens (including phenoxy) is 1. The molecule has 4 rings (SSSR count). The van der Waals surface area contributed by atoms with Gasteiger partial charge in [-0.2, -0.15) is 0 Å². The second-order valence-electron chi connectivity index (χ2n) is 6.05. The Balaban J connectivity index is 1.49. The van der Waals surface area contributed by atoms with Crippen LogP contribution in [-0.2, 0) is 11.3 Å². The van der Waals surface area contributed by atoms with Crippen LogP contribution in [0.1, 0.15) is 16.2 Å². The molecule has 4 heterocycles. The molecule has 3 aromatic rings. The monoisotopic (exact) mass is 337 g/mol. The fourth-order valence-electron chi connectivity index (χ4n) is 3.11. The lowest BCUT2D eigenvalue weighted by Gasteiger charge is -2.41. The Hall–Kier alpha value is -2.93. The van der Waals surface area contributed by atoms with Crippen LogP contribution in [0.2, 0.25) is 0 Å². The Morgan fingerprint density at radius 3 is 2.84 bits per heavy atom. The largest absolute Gasteiger partial charge is 0.378 e. The fourth-order valence-corrected chi connectivity index (χ4v) is 3.11. The van der Waals surface area contributed by atoms with Crippen LogP contribution in [0.4, 0.5) is 5.69 Å². The Kier molecular flexibility index (Phi) is 4.07. The van der Waals surface area contributed by atoms with Gasteiger partial charge >= 0.3 is 0 Å². The number of anilines is 1. The Labute approximate surface area is 145 Å². The smallest absolute Gasteiger partial charge is 0.270 e. The average Bonchev–Trinajstić information content (AvgIpc) is 2.96. The summed E-state index contributed by atoms with van der Waals surface area (Å²) in [4.78, 5) is 23.5. The number of nitrogens with one attached hydrogen (secondary N) is 1. The summed E-state index contributed by atoms with van der Waals surface area (Å²) >= 11 is 0. The third-order valence-corrected chi connectivity index (χ3v) is 4.34. The highest BCUT2D eigenvalue weighted by atomic mass is 16.5. The van der Waals surface area contributed by atoms with E-state index in [-0.39, 0.29) is 11.9 Å². The van der Waals surface area contributed by atoms with E-state index < -0.39 is 0 Å². The van der Waals surface area contributed by atoms with E-state index in [1.165, 1.54) is 0 Å². The zero-order valence-electron chi connectivity index (χ0n) is 13.9. The number of carbonyl (C=O) groups excluding carboxylic acids is 1. The molecule has 0 aliphatic carbocycles. The standard InChI is InChI=1S/C18H19N5O2/c1-25-12-15-17(23-9-3-2-4-16(23)21-15)18(24)20-13-10-22(11-13)14-5-7-19-8-6-14/h2-9,13H,10-12H2,1H3,(H,20,24). The lowest BCUT2D eigenvalue weighted by Crippen LogP contribution is -2.59. The summed E-state index contributed by atoms with van der Waals surface area (Å²) < 4.78 is 7.01. The number of nitrogens with zero attached hydrogens (tertiary/aromatic N) is 4. The molecule has 0 unspecified atom stereocenters. The number of rotatable bonds is 5. The van der Waals surface area contributed by atoms with E-state index >= 15 is 0 Å². The van der Waals surface area contributed by atoms with Gasteiger partial charge in [0.2, 0.25) is 0 Å². The maximum Gasteiger partial charge on any atom is 0.270 e. The number of carbonyl (C=O) groups is 1. The second-order valence-corrected chi connectivity index (χ2v) is 6.05. The molecule has 1 amide bonds. The molecular weight excluding hydrogens is 318 g/mol. The third kappa shape index (κ3) is 2.94. The summed E-state index contributed by atoms with van der Waals surface area (Å²) in [6.45, 7) is 1.87. The van der Waals surface area contributed by atoms with Crippen molar-refractivity contribution in [3.05, 3.63) is 60.3 Å². The minimum absolute atomic E-state index is 0.116. The van der Waals surface area contributed by atoms with Gasteiger partial charge in [0.1, 0.15) is 11.3 Å². The average molecular weight is 337 g/mol. The highest BCUT2D eigenvalue weighted by Crippen LogP contribution is 2.20. The predicted molar refractivity (Wildman–Crippen MR) is 93.6 cm³/mol. The first-order valence-electron chi connectivity index (χ1n) is 8.17. The molecule has 25 heavy (non-hydrogen) atoms. The van der Waals surface area contributed by atoms with Gasteiger partial charge in [0, 0.05) is 44.5 Å². The van der Waals surface area contributed by atoms with Crippen LogP contribution in [0.25, 0.3) is 5.65 Å². The maximum atomic E-state index is 12.8. The summed E-state index contributed by atoms with van der Waals surface area (Å²) in [6, 6.07) is 9.73. The zero-order valence-corrected chi connectivity index (χ0v) is 13.9. The maximum absolute atomic E-state index is 12.8. The van der Waals surface area contributed by atoms with Gasteiger partial charge < -0.3 is 15.0 Å². The number of fused-ring (bicyclic) bond motifs is 1. The van der Waals surface area contributed by atoms with Gasteiger partial charge in [-0.25, -0.2) is 4.98 Å². The molecule has 1 aliphatic rings. The molecule has 1 aliphatic heterocycles. The molecule has 7 nitrogen and oxygen atoms in total.